The van der Waals surface area contributed by atoms with Crippen LogP contribution >= 0.6 is 0 Å². The Balaban J connectivity index is 0.000000188. The van der Waals surface area contributed by atoms with E-state index in [-0.39, 0.29) is 37.6 Å². The fraction of sp³-hybridized carbons (Fsp3) is 1.00. The standard InChI is InChI=1S/C19H36O4.C15H28O2.C13H24O2/c1-19(2,15-3-7-17(8-4-15)22-13-11-20)16-5-9-18(10-6-16)23-14-12-21;1-15(2,11-3-7-13(16)8-4-11)12-5-9-14(17)10-6-12;14-12-5-1-10(2-6-12)9-11-3-7-13(15)8-4-11/h15-18,20-21H,3-14H2,1-2H3;11-14,16-17H,3-10H2,1-2H3;10-15H,1-9H2. The van der Waals surface area contributed by atoms with E-state index >= 15 is 0 Å². The summed E-state index contributed by atoms with van der Waals surface area (Å²) in [6.45, 7) is 11.0. The lowest BCUT2D eigenvalue weighted by Gasteiger charge is -2.46. The summed E-state index contributed by atoms with van der Waals surface area (Å²) in [7, 11) is 0. The van der Waals surface area contributed by atoms with Gasteiger partial charge in [0, 0.05) is 0 Å². The maximum atomic E-state index is 9.60. The molecule has 0 aliphatic heterocycles. The molecule has 6 aliphatic rings. The third kappa shape index (κ3) is 15.7. The molecule has 0 aromatic heterocycles. The van der Waals surface area contributed by atoms with Gasteiger partial charge in [0.2, 0.25) is 0 Å². The average Bonchev–Trinajstić information content (AvgIpc) is 3.19. The molecule has 0 aromatic carbocycles. The molecule has 6 fully saturated rings. The van der Waals surface area contributed by atoms with E-state index in [0.717, 1.165) is 113 Å². The van der Waals surface area contributed by atoms with Crippen LogP contribution < -0.4 is 0 Å². The molecule has 0 atom stereocenters. The van der Waals surface area contributed by atoms with Gasteiger partial charge >= 0.3 is 0 Å². The van der Waals surface area contributed by atoms with Crippen LogP contribution in [0, 0.1) is 46.3 Å². The summed E-state index contributed by atoms with van der Waals surface area (Å²) in [6.07, 6.45) is 29.2. The molecule has 0 aromatic rings. The van der Waals surface area contributed by atoms with E-state index < -0.39 is 0 Å². The van der Waals surface area contributed by atoms with Crippen LogP contribution in [0.4, 0.5) is 0 Å². The summed E-state index contributed by atoms with van der Waals surface area (Å²) < 4.78 is 11.4. The van der Waals surface area contributed by atoms with Crippen LogP contribution in [0.15, 0.2) is 0 Å². The Bertz CT molecular complexity index is 899. The summed E-state index contributed by atoms with van der Waals surface area (Å²) in [5.74, 6) is 4.83. The van der Waals surface area contributed by atoms with Gasteiger partial charge in [-0.05, 0) is 207 Å². The molecule has 6 N–H and O–H groups in total. The molecule has 6 aliphatic carbocycles. The Morgan fingerprint density at radius 1 is 0.364 bits per heavy atom. The van der Waals surface area contributed by atoms with E-state index in [0.29, 0.717) is 36.3 Å². The van der Waals surface area contributed by atoms with Crippen LogP contribution in [0.25, 0.3) is 0 Å². The summed E-state index contributed by atoms with van der Waals surface area (Å²) in [5, 5.41) is 55.8. The van der Waals surface area contributed by atoms with Crippen molar-refractivity contribution in [3.63, 3.8) is 0 Å². The van der Waals surface area contributed by atoms with E-state index in [1.807, 2.05) is 0 Å². The first-order chi connectivity index (χ1) is 26.3. The first-order valence-corrected chi connectivity index (χ1v) is 23.5. The van der Waals surface area contributed by atoms with Crippen LogP contribution in [-0.4, -0.2) is 93.7 Å². The van der Waals surface area contributed by atoms with Gasteiger partial charge in [-0.2, -0.15) is 0 Å². The lowest BCUT2D eigenvalue weighted by molar-refractivity contribution is -0.0433. The second kappa shape index (κ2) is 24.1. The Labute approximate surface area is 336 Å². The van der Waals surface area contributed by atoms with Crippen molar-refractivity contribution in [2.24, 2.45) is 46.3 Å². The minimum atomic E-state index is -0.0461. The van der Waals surface area contributed by atoms with Crippen molar-refractivity contribution in [1.82, 2.24) is 0 Å². The van der Waals surface area contributed by atoms with Crippen molar-refractivity contribution in [3.05, 3.63) is 0 Å². The fourth-order valence-corrected chi connectivity index (χ4v) is 11.9. The predicted molar refractivity (Wildman–Crippen MR) is 222 cm³/mol. The lowest BCUT2D eigenvalue weighted by atomic mass is 9.60. The van der Waals surface area contributed by atoms with Gasteiger partial charge in [0.1, 0.15) is 0 Å². The zero-order chi connectivity index (χ0) is 39.8. The van der Waals surface area contributed by atoms with Crippen LogP contribution in [0.3, 0.4) is 0 Å². The summed E-state index contributed by atoms with van der Waals surface area (Å²) in [6, 6.07) is 0. The molecule has 0 saturated heterocycles. The zero-order valence-electron chi connectivity index (χ0n) is 35.9. The van der Waals surface area contributed by atoms with Crippen molar-refractivity contribution in [3.8, 4) is 0 Å². The summed E-state index contributed by atoms with van der Waals surface area (Å²) in [4.78, 5) is 0. The summed E-state index contributed by atoms with van der Waals surface area (Å²) in [5.41, 5.74) is 0.782. The van der Waals surface area contributed by atoms with E-state index in [1.165, 1.54) is 83.5 Å². The Kier molecular flexibility index (Phi) is 20.7. The van der Waals surface area contributed by atoms with Crippen LogP contribution in [0.2, 0.25) is 0 Å². The molecule has 0 spiro atoms. The van der Waals surface area contributed by atoms with Crippen molar-refractivity contribution >= 4 is 0 Å². The molecule has 0 amide bonds. The number of ether oxygens (including phenoxy) is 2. The number of hydrogen-bond donors (Lipinski definition) is 6. The normalized spacial score (nSPS) is 37.9. The smallest absolute Gasteiger partial charge is 0.0701 e. The third-order valence-electron chi connectivity index (χ3n) is 16.1. The average molecular weight is 781 g/mol. The lowest BCUT2D eigenvalue weighted by Crippen LogP contribution is -2.39. The number of aliphatic hydroxyl groups excluding tert-OH is 6. The van der Waals surface area contributed by atoms with Gasteiger partial charge in [-0.3, -0.25) is 0 Å². The highest BCUT2D eigenvalue weighted by Gasteiger charge is 2.42. The quantitative estimate of drug-likeness (QED) is 0.116. The number of aliphatic hydroxyl groups is 6. The molecule has 6 saturated carbocycles. The molecule has 0 heterocycles. The Morgan fingerprint density at radius 3 is 0.855 bits per heavy atom. The molecule has 0 radical (unpaired) electrons. The van der Waals surface area contributed by atoms with Gasteiger partial charge in [-0.25, -0.2) is 0 Å². The molecule has 8 heteroatoms. The maximum Gasteiger partial charge on any atom is 0.0701 e. The number of hydrogen-bond acceptors (Lipinski definition) is 8. The fourth-order valence-electron chi connectivity index (χ4n) is 11.9. The number of rotatable bonds is 12. The maximum absolute atomic E-state index is 9.60. The molecule has 6 rings (SSSR count). The van der Waals surface area contributed by atoms with Gasteiger partial charge in [0.25, 0.3) is 0 Å². The van der Waals surface area contributed by atoms with Crippen LogP contribution in [0.1, 0.15) is 188 Å². The van der Waals surface area contributed by atoms with Crippen molar-refractivity contribution in [1.29, 1.82) is 0 Å². The van der Waals surface area contributed by atoms with Gasteiger partial charge in [-0.1, -0.05) is 27.7 Å². The van der Waals surface area contributed by atoms with Gasteiger partial charge in [-0.15, -0.1) is 0 Å². The van der Waals surface area contributed by atoms with Crippen molar-refractivity contribution in [2.75, 3.05) is 26.4 Å². The highest BCUT2D eigenvalue weighted by Crippen LogP contribution is 2.50. The minimum absolute atomic E-state index is 0.0190. The molecule has 0 unspecified atom stereocenters. The third-order valence-corrected chi connectivity index (χ3v) is 16.1. The van der Waals surface area contributed by atoms with Crippen molar-refractivity contribution < 1.29 is 40.1 Å². The van der Waals surface area contributed by atoms with Crippen molar-refractivity contribution in [2.45, 2.75) is 225 Å². The van der Waals surface area contributed by atoms with Crippen LogP contribution in [0.5, 0.6) is 0 Å². The largest absolute Gasteiger partial charge is 0.394 e. The van der Waals surface area contributed by atoms with Gasteiger partial charge in [0.15, 0.2) is 0 Å². The second-order valence-corrected chi connectivity index (χ2v) is 20.4. The highest BCUT2D eigenvalue weighted by atomic mass is 16.5. The Morgan fingerprint density at radius 2 is 0.600 bits per heavy atom. The van der Waals surface area contributed by atoms with Crippen LogP contribution in [-0.2, 0) is 9.47 Å². The topological polar surface area (TPSA) is 140 Å². The molecule has 55 heavy (non-hydrogen) atoms. The zero-order valence-corrected chi connectivity index (χ0v) is 35.9. The SMILES string of the molecule is CC(C)(C1CCC(O)CC1)C1CCC(O)CC1.CC(C)(C1CCC(OCCO)CC1)C1CCC(OCCO)CC1.OC1CCC(CC2CCC(O)CC2)CC1. The molecule has 8 nitrogen and oxygen atoms in total. The van der Waals surface area contributed by atoms with E-state index in [4.69, 9.17) is 19.7 Å². The highest BCUT2D eigenvalue weighted by molar-refractivity contribution is 4.92. The molecular weight excluding hydrogens is 693 g/mol. The van der Waals surface area contributed by atoms with Gasteiger partial charge < -0.3 is 40.1 Å². The van der Waals surface area contributed by atoms with E-state index in [2.05, 4.69) is 27.7 Å². The minimum Gasteiger partial charge on any atom is -0.394 e. The second-order valence-electron chi connectivity index (χ2n) is 20.4. The molecule has 324 valence electrons. The summed E-state index contributed by atoms with van der Waals surface area (Å²) >= 11 is 0. The first kappa shape index (κ1) is 47.4. The molecule has 0 bridgehead atoms. The molecular formula is C47H88O8. The first-order valence-electron chi connectivity index (χ1n) is 23.5. The Hall–Kier alpha value is -0.320. The van der Waals surface area contributed by atoms with E-state index in [9.17, 15) is 20.4 Å². The van der Waals surface area contributed by atoms with E-state index in [1.54, 1.807) is 0 Å². The predicted octanol–water partition coefficient (Wildman–Crippen LogP) is 8.74. The monoisotopic (exact) mass is 781 g/mol. The van der Waals surface area contributed by atoms with Gasteiger partial charge in [0.05, 0.1) is 63.1 Å².